The molecule has 0 unspecified atom stereocenters. The average molecular weight is 377 g/mol. The van der Waals surface area contributed by atoms with Crippen LogP contribution >= 0.6 is 0 Å². The van der Waals surface area contributed by atoms with Crippen LogP contribution in [0, 0.1) is 12.1 Å². The lowest BCUT2D eigenvalue weighted by Gasteiger charge is -2.12. The van der Waals surface area contributed by atoms with Crippen molar-refractivity contribution >= 4 is 44.2 Å². The summed E-state index contributed by atoms with van der Waals surface area (Å²) in [6.07, 6.45) is 3.46. The average Bonchev–Trinajstić information content (AvgIpc) is 2.77. The number of carboxylic acids is 1. The number of benzene rings is 2. The standard InChI is InChI=1S/C24H15N3O2/c28-24(29)16-8-9-19-21-14-25-11-10-20(21)23(27-22(19)12-16)26-13-17-6-3-5-15-4-1-2-7-18(15)17/h1-7,10-12,14H,13H2,(H,26,27)(H,28,29). The van der Waals surface area contributed by atoms with Crippen LogP contribution in [0.4, 0.5) is 5.82 Å². The molecule has 0 aliphatic rings. The quantitative estimate of drug-likeness (QED) is 0.468. The Morgan fingerprint density at radius 3 is 2.76 bits per heavy atom. The highest BCUT2D eigenvalue weighted by Gasteiger charge is 2.11. The van der Waals surface area contributed by atoms with Gasteiger partial charge in [0, 0.05) is 29.7 Å². The van der Waals surface area contributed by atoms with Gasteiger partial charge in [0.05, 0.1) is 10.9 Å². The van der Waals surface area contributed by atoms with E-state index in [1.807, 2.05) is 24.3 Å². The Balaban J connectivity index is 1.62. The Labute approximate surface area is 166 Å². The van der Waals surface area contributed by atoms with E-state index in [4.69, 9.17) is 0 Å². The first-order chi connectivity index (χ1) is 14.2. The van der Waals surface area contributed by atoms with E-state index in [-0.39, 0.29) is 5.56 Å². The predicted molar refractivity (Wildman–Crippen MR) is 113 cm³/mol. The van der Waals surface area contributed by atoms with Crippen LogP contribution in [-0.4, -0.2) is 21.0 Å². The van der Waals surface area contributed by atoms with Gasteiger partial charge in [-0.15, -0.1) is 0 Å². The number of carbonyl (C=O) groups is 1. The predicted octanol–water partition coefficient (Wildman–Crippen LogP) is 4.85. The van der Waals surface area contributed by atoms with E-state index in [1.165, 1.54) is 16.8 Å². The van der Waals surface area contributed by atoms with Crippen LogP contribution < -0.4 is 5.32 Å². The number of pyridine rings is 2. The molecule has 5 heteroatoms. The van der Waals surface area contributed by atoms with Crippen molar-refractivity contribution < 1.29 is 9.90 Å². The topological polar surface area (TPSA) is 75.1 Å². The van der Waals surface area contributed by atoms with Crippen LogP contribution in [0.3, 0.4) is 0 Å². The number of rotatable bonds is 4. The molecule has 2 heterocycles. The van der Waals surface area contributed by atoms with Gasteiger partial charge in [-0.1, -0.05) is 54.6 Å². The molecule has 0 amide bonds. The minimum Gasteiger partial charge on any atom is -0.477 e. The minimum atomic E-state index is -1.05. The third-order valence-electron chi connectivity index (χ3n) is 4.99. The number of hydrogen-bond acceptors (Lipinski definition) is 4. The van der Waals surface area contributed by atoms with Gasteiger partial charge >= 0.3 is 5.97 Å². The molecular weight excluding hydrogens is 362 g/mol. The van der Waals surface area contributed by atoms with Crippen LogP contribution in [0.15, 0.2) is 67.0 Å². The number of anilines is 1. The first-order valence-corrected chi connectivity index (χ1v) is 9.16. The summed E-state index contributed by atoms with van der Waals surface area (Å²) in [4.78, 5) is 20.2. The molecule has 0 fully saturated rings. The number of carboxylic acid groups (broad SMARTS) is 1. The molecule has 0 spiro atoms. The first-order valence-electron chi connectivity index (χ1n) is 9.16. The summed E-state index contributed by atoms with van der Waals surface area (Å²) >= 11 is 0. The highest BCUT2D eigenvalue weighted by atomic mass is 16.4. The summed E-state index contributed by atoms with van der Waals surface area (Å²) < 4.78 is 0. The maximum Gasteiger partial charge on any atom is 0.344 e. The Bertz CT molecular complexity index is 1390. The van der Waals surface area contributed by atoms with Crippen LogP contribution in [0.5, 0.6) is 0 Å². The molecule has 2 N–H and O–H groups in total. The van der Waals surface area contributed by atoms with Crippen molar-refractivity contribution in [2.75, 3.05) is 5.32 Å². The molecule has 0 aliphatic heterocycles. The summed E-state index contributed by atoms with van der Waals surface area (Å²) in [5.41, 5.74) is 1.74. The van der Waals surface area contributed by atoms with E-state index < -0.39 is 5.97 Å². The molecule has 5 nitrogen and oxygen atoms in total. The second-order valence-electron chi connectivity index (χ2n) is 6.75. The summed E-state index contributed by atoms with van der Waals surface area (Å²) in [5, 5.41) is 17.5. The van der Waals surface area contributed by atoms with Gasteiger partial charge in [-0.25, -0.2) is 9.78 Å². The van der Waals surface area contributed by atoms with Gasteiger partial charge in [0.15, 0.2) is 0 Å². The lowest BCUT2D eigenvalue weighted by Crippen LogP contribution is -2.03. The van der Waals surface area contributed by atoms with Crippen molar-refractivity contribution in [3.05, 3.63) is 90.3 Å². The van der Waals surface area contributed by atoms with E-state index in [0.717, 1.165) is 16.3 Å². The van der Waals surface area contributed by atoms with Crippen LogP contribution in [0.2, 0.25) is 0 Å². The molecule has 0 aliphatic carbocycles. The maximum atomic E-state index is 11.3. The molecule has 0 radical (unpaired) electrons. The highest BCUT2D eigenvalue weighted by molar-refractivity contribution is 6.09. The molecule has 29 heavy (non-hydrogen) atoms. The van der Waals surface area contributed by atoms with Crippen LogP contribution in [0.1, 0.15) is 15.9 Å². The molecule has 5 rings (SSSR count). The first kappa shape index (κ1) is 17.0. The molecule has 0 saturated carbocycles. The smallest absolute Gasteiger partial charge is 0.344 e. The number of fused-ring (bicyclic) bond motifs is 4. The monoisotopic (exact) mass is 377 g/mol. The van der Waals surface area contributed by atoms with E-state index in [0.29, 0.717) is 23.3 Å². The molecule has 0 saturated heterocycles. The lowest BCUT2D eigenvalue weighted by atomic mass is 10.0. The van der Waals surface area contributed by atoms with Gasteiger partial charge in [-0.05, 0) is 28.5 Å². The van der Waals surface area contributed by atoms with Crippen LogP contribution in [-0.2, 0) is 6.54 Å². The van der Waals surface area contributed by atoms with E-state index in [2.05, 4.69) is 51.7 Å². The third-order valence-corrected chi connectivity index (χ3v) is 4.99. The number of nitrogens with one attached hydrogen (secondary N) is 1. The number of aromatic nitrogens is 2. The number of aromatic carboxylic acids is 1. The van der Waals surface area contributed by atoms with Crippen molar-refractivity contribution in [2.45, 2.75) is 6.54 Å². The fraction of sp³-hybridized carbons (Fsp3) is 0.0417. The number of nitrogens with zero attached hydrogens (tertiary/aromatic N) is 2. The van der Waals surface area contributed by atoms with E-state index in [1.54, 1.807) is 12.4 Å². The highest BCUT2D eigenvalue weighted by Crippen LogP contribution is 2.29. The zero-order valence-corrected chi connectivity index (χ0v) is 15.3. The normalized spacial score (nSPS) is 10.9. The molecule has 5 aromatic rings. The van der Waals surface area contributed by atoms with Gasteiger partial charge in [0.1, 0.15) is 11.4 Å². The van der Waals surface area contributed by atoms with Crippen molar-refractivity contribution in [1.29, 1.82) is 0 Å². The maximum absolute atomic E-state index is 11.3. The molecule has 0 atom stereocenters. The van der Waals surface area contributed by atoms with Crippen molar-refractivity contribution in [1.82, 2.24) is 9.97 Å². The van der Waals surface area contributed by atoms with Gasteiger partial charge < -0.3 is 10.4 Å². The zero-order valence-electron chi connectivity index (χ0n) is 15.3. The van der Waals surface area contributed by atoms with Crippen molar-refractivity contribution in [3.63, 3.8) is 0 Å². The number of hydrogen-bond donors (Lipinski definition) is 2. The molecule has 3 aromatic carbocycles. The van der Waals surface area contributed by atoms with E-state index >= 15 is 0 Å². The van der Waals surface area contributed by atoms with Gasteiger partial charge in [-0.3, -0.25) is 4.98 Å². The second kappa shape index (κ2) is 6.77. The largest absolute Gasteiger partial charge is 0.477 e. The summed E-state index contributed by atoms with van der Waals surface area (Å²) in [6, 6.07) is 23.5. The Kier molecular flexibility index (Phi) is 3.96. The van der Waals surface area contributed by atoms with Gasteiger partial charge in [-0.2, -0.15) is 0 Å². The summed E-state index contributed by atoms with van der Waals surface area (Å²) in [5.74, 6) is -0.375. The molecule has 2 aromatic heterocycles. The molecule has 0 bridgehead atoms. The van der Waals surface area contributed by atoms with Crippen LogP contribution in [0.25, 0.3) is 32.4 Å². The fourth-order valence-corrected chi connectivity index (χ4v) is 3.59. The lowest BCUT2D eigenvalue weighted by molar-refractivity contribution is 0.0697. The van der Waals surface area contributed by atoms with Gasteiger partial charge in [0.2, 0.25) is 0 Å². The molecule has 138 valence electrons. The Hall–Kier alpha value is -4.17. The molecular formula is C24H15N3O2. The SMILES string of the molecule is O=C(O)c1c#cc2c(c1)nc(NCc1cccc3ccccc13)c1ccncc12. The Morgan fingerprint density at radius 2 is 1.86 bits per heavy atom. The third kappa shape index (κ3) is 2.97. The van der Waals surface area contributed by atoms with Crippen molar-refractivity contribution in [2.24, 2.45) is 0 Å². The Morgan fingerprint density at radius 1 is 1.00 bits per heavy atom. The fourth-order valence-electron chi connectivity index (χ4n) is 3.59. The summed E-state index contributed by atoms with van der Waals surface area (Å²) in [6.45, 7) is 0.589. The summed E-state index contributed by atoms with van der Waals surface area (Å²) in [7, 11) is 0. The van der Waals surface area contributed by atoms with E-state index in [9.17, 15) is 9.90 Å². The second-order valence-corrected chi connectivity index (χ2v) is 6.75. The minimum absolute atomic E-state index is 0.0354. The van der Waals surface area contributed by atoms with Gasteiger partial charge in [0.25, 0.3) is 0 Å². The van der Waals surface area contributed by atoms with Crippen molar-refractivity contribution in [3.8, 4) is 0 Å². The zero-order chi connectivity index (χ0) is 19.8.